The molecule has 0 saturated heterocycles. The van der Waals surface area contributed by atoms with Gasteiger partial charge in [0, 0.05) is 25.7 Å². The number of hydrogen-bond donors (Lipinski definition) is 0. The van der Waals surface area contributed by atoms with Crippen molar-refractivity contribution < 1.29 is 8.42 Å². The average Bonchev–Trinajstić information content (AvgIpc) is 2.80. The average molecular weight is 310 g/mol. The van der Waals surface area contributed by atoms with Crippen molar-refractivity contribution >= 4 is 16.1 Å². The van der Waals surface area contributed by atoms with Gasteiger partial charge in [0.2, 0.25) is 15.0 Å². The first-order valence-electron chi connectivity index (χ1n) is 7.23. The molecule has 1 aromatic heterocycles. The van der Waals surface area contributed by atoms with Gasteiger partial charge in [0.1, 0.15) is 0 Å². The highest BCUT2D eigenvalue weighted by Gasteiger charge is 2.31. The van der Waals surface area contributed by atoms with Gasteiger partial charge in [0.05, 0.1) is 17.7 Å². The summed E-state index contributed by atoms with van der Waals surface area (Å²) in [4.78, 5) is 8.07. The zero-order valence-electron chi connectivity index (χ0n) is 12.7. The van der Waals surface area contributed by atoms with Crippen LogP contribution in [0.5, 0.6) is 0 Å². The van der Waals surface area contributed by atoms with E-state index < -0.39 is 9.84 Å². The molecule has 116 valence electrons. The Balaban J connectivity index is 2.21. The van der Waals surface area contributed by atoms with Crippen LogP contribution in [0.25, 0.3) is 0 Å². The molecule has 0 bridgehead atoms. The van der Waals surface area contributed by atoms with Crippen molar-refractivity contribution in [1.82, 2.24) is 15.0 Å². The predicted molar refractivity (Wildman–Crippen MR) is 82.1 cm³/mol. The summed E-state index contributed by atoms with van der Waals surface area (Å²) in [6.07, 6.45) is 9.00. The topological polar surface area (TPSA) is 75.5 Å². The summed E-state index contributed by atoms with van der Waals surface area (Å²) < 4.78 is 23.2. The number of nitrogens with zero attached hydrogens (tertiary/aromatic N) is 4. The normalized spacial score (nSPS) is 22.0. The molecule has 2 rings (SSSR count). The van der Waals surface area contributed by atoms with Crippen molar-refractivity contribution in [3.8, 4) is 0 Å². The molecule has 0 aromatic carbocycles. The summed E-state index contributed by atoms with van der Waals surface area (Å²) in [5, 5.41) is 6.18. The highest BCUT2D eigenvalue weighted by molar-refractivity contribution is 7.90. The number of aromatic nitrogens is 2. The lowest BCUT2D eigenvalue weighted by Crippen LogP contribution is -2.29. The molecule has 0 radical (unpaired) electrons. The molecule has 0 amide bonds. The Labute approximate surface area is 126 Å². The molecule has 6 nitrogen and oxygen atoms in total. The van der Waals surface area contributed by atoms with Crippen molar-refractivity contribution in [2.24, 2.45) is 5.10 Å². The molecule has 0 aliphatic carbocycles. The summed E-state index contributed by atoms with van der Waals surface area (Å²) in [5.74, 6) is 0.0235. The first-order valence-corrected chi connectivity index (χ1v) is 9.12. The van der Waals surface area contributed by atoms with Crippen molar-refractivity contribution in [3.63, 3.8) is 0 Å². The van der Waals surface area contributed by atoms with Gasteiger partial charge in [-0.05, 0) is 12.5 Å². The standard InChI is InChI=1S/C14H22N4O2S/c1-4-5-6-7-13-11(10-16-18(13)2)12-8-9-15-14(17-12)21(3,19)20/h8-11,13H,4-7H2,1-3H3. The van der Waals surface area contributed by atoms with Crippen LogP contribution in [0, 0.1) is 0 Å². The highest BCUT2D eigenvalue weighted by Crippen LogP contribution is 2.29. The Kier molecular flexibility index (Phi) is 4.92. The second kappa shape index (κ2) is 6.51. The minimum Gasteiger partial charge on any atom is -0.296 e. The van der Waals surface area contributed by atoms with Crippen molar-refractivity contribution in [2.45, 2.75) is 49.7 Å². The Morgan fingerprint density at radius 3 is 2.76 bits per heavy atom. The van der Waals surface area contributed by atoms with Crippen LogP contribution in [-0.4, -0.2) is 49.0 Å². The summed E-state index contributed by atoms with van der Waals surface area (Å²) in [6, 6.07) is 2.01. The van der Waals surface area contributed by atoms with Gasteiger partial charge < -0.3 is 0 Å². The van der Waals surface area contributed by atoms with E-state index in [1.54, 1.807) is 6.07 Å². The lowest BCUT2D eigenvalue weighted by atomic mass is 9.93. The molecule has 2 atom stereocenters. The van der Waals surface area contributed by atoms with E-state index in [1.165, 1.54) is 19.0 Å². The molecule has 1 aliphatic rings. The van der Waals surface area contributed by atoms with E-state index in [4.69, 9.17) is 0 Å². The molecular weight excluding hydrogens is 288 g/mol. The molecule has 2 heterocycles. The molecule has 0 fully saturated rings. The van der Waals surface area contributed by atoms with Gasteiger partial charge in [-0.3, -0.25) is 5.01 Å². The van der Waals surface area contributed by atoms with Gasteiger partial charge in [0.15, 0.2) is 0 Å². The van der Waals surface area contributed by atoms with Crippen molar-refractivity contribution in [3.05, 3.63) is 18.0 Å². The lowest BCUT2D eigenvalue weighted by Gasteiger charge is -2.24. The van der Waals surface area contributed by atoms with E-state index in [9.17, 15) is 8.42 Å². The van der Waals surface area contributed by atoms with Crippen LogP contribution < -0.4 is 0 Å². The Bertz CT molecular complexity index is 615. The molecule has 0 N–H and O–H groups in total. The maximum Gasteiger partial charge on any atom is 0.246 e. The van der Waals surface area contributed by atoms with Gasteiger partial charge in [-0.2, -0.15) is 5.10 Å². The van der Waals surface area contributed by atoms with E-state index >= 15 is 0 Å². The third-order valence-electron chi connectivity index (χ3n) is 3.74. The van der Waals surface area contributed by atoms with Crippen molar-refractivity contribution in [2.75, 3.05) is 13.3 Å². The summed E-state index contributed by atoms with van der Waals surface area (Å²) in [5.41, 5.74) is 0.722. The minimum absolute atomic E-state index is 0.0235. The summed E-state index contributed by atoms with van der Waals surface area (Å²) in [7, 11) is -1.44. The van der Waals surface area contributed by atoms with E-state index in [0.29, 0.717) is 0 Å². The first-order chi connectivity index (χ1) is 9.93. The molecular formula is C14H22N4O2S. The number of hydrogen-bond acceptors (Lipinski definition) is 6. The van der Waals surface area contributed by atoms with E-state index in [1.807, 2.05) is 18.3 Å². The van der Waals surface area contributed by atoms with Crippen LogP contribution in [0.4, 0.5) is 0 Å². The first kappa shape index (κ1) is 15.9. The summed E-state index contributed by atoms with van der Waals surface area (Å²) >= 11 is 0. The molecule has 2 unspecified atom stereocenters. The number of sulfone groups is 1. The Hall–Kier alpha value is -1.50. The molecule has 1 aromatic rings. The zero-order valence-corrected chi connectivity index (χ0v) is 13.5. The fourth-order valence-electron chi connectivity index (χ4n) is 2.56. The second-order valence-corrected chi connectivity index (χ2v) is 7.37. The predicted octanol–water partition coefficient (Wildman–Crippen LogP) is 1.84. The number of hydrazone groups is 1. The van der Waals surface area contributed by atoms with Crippen LogP contribution in [0.15, 0.2) is 22.5 Å². The SMILES string of the molecule is CCCCCC1C(c2ccnc(S(C)(=O)=O)n2)C=NN1C. The molecule has 21 heavy (non-hydrogen) atoms. The molecule has 7 heteroatoms. The largest absolute Gasteiger partial charge is 0.296 e. The number of rotatable bonds is 6. The number of unbranched alkanes of at least 4 members (excludes halogenated alkanes) is 2. The van der Waals surface area contributed by atoms with E-state index in [2.05, 4.69) is 22.0 Å². The maximum atomic E-state index is 11.6. The molecule has 0 saturated carbocycles. The third kappa shape index (κ3) is 3.78. The van der Waals surface area contributed by atoms with Crippen LogP contribution >= 0.6 is 0 Å². The van der Waals surface area contributed by atoms with Crippen LogP contribution in [0.1, 0.15) is 44.2 Å². The second-order valence-electron chi connectivity index (χ2n) is 5.46. The Morgan fingerprint density at radius 1 is 1.33 bits per heavy atom. The number of likely N-dealkylation sites (N-methyl/N-ethyl adjacent to an activating group) is 1. The highest BCUT2D eigenvalue weighted by atomic mass is 32.2. The fraction of sp³-hybridized carbons (Fsp3) is 0.643. The monoisotopic (exact) mass is 310 g/mol. The smallest absolute Gasteiger partial charge is 0.246 e. The molecule has 0 spiro atoms. The lowest BCUT2D eigenvalue weighted by molar-refractivity contribution is 0.249. The van der Waals surface area contributed by atoms with Crippen LogP contribution in [0.3, 0.4) is 0 Å². The van der Waals surface area contributed by atoms with E-state index in [-0.39, 0.29) is 17.1 Å². The Morgan fingerprint density at radius 2 is 2.10 bits per heavy atom. The quantitative estimate of drug-likeness (QED) is 0.592. The minimum atomic E-state index is -3.39. The third-order valence-corrected chi connectivity index (χ3v) is 4.60. The summed E-state index contributed by atoms with van der Waals surface area (Å²) in [6.45, 7) is 2.18. The van der Waals surface area contributed by atoms with Gasteiger partial charge in [-0.25, -0.2) is 18.4 Å². The van der Waals surface area contributed by atoms with Gasteiger partial charge in [-0.1, -0.05) is 26.2 Å². The fourth-order valence-corrected chi connectivity index (χ4v) is 3.08. The zero-order chi connectivity index (χ0) is 15.5. The van der Waals surface area contributed by atoms with Crippen LogP contribution in [0.2, 0.25) is 0 Å². The van der Waals surface area contributed by atoms with Gasteiger partial charge in [0.25, 0.3) is 0 Å². The van der Waals surface area contributed by atoms with E-state index in [0.717, 1.165) is 24.8 Å². The van der Waals surface area contributed by atoms with Crippen LogP contribution in [-0.2, 0) is 9.84 Å². The van der Waals surface area contributed by atoms with Gasteiger partial charge >= 0.3 is 0 Å². The maximum absolute atomic E-state index is 11.6. The molecule has 1 aliphatic heterocycles. The van der Waals surface area contributed by atoms with Crippen molar-refractivity contribution in [1.29, 1.82) is 0 Å². The van der Waals surface area contributed by atoms with Gasteiger partial charge in [-0.15, -0.1) is 0 Å².